The number of carbonyl (C=O) groups is 2. The lowest BCUT2D eigenvalue weighted by Crippen LogP contribution is -2.57. The van der Waals surface area contributed by atoms with Gasteiger partial charge in [-0.05, 0) is 56.0 Å². The predicted octanol–water partition coefficient (Wildman–Crippen LogP) is 3.68. The van der Waals surface area contributed by atoms with Crippen LogP contribution in [0, 0.1) is 12.8 Å². The number of benzene rings is 2. The number of rotatable bonds is 5. The zero-order chi connectivity index (χ0) is 20.4. The predicted molar refractivity (Wildman–Crippen MR) is 114 cm³/mol. The number of nitrogens with zero attached hydrogens (tertiary/aromatic N) is 1. The highest BCUT2D eigenvalue weighted by atomic mass is 35.5. The molecule has 2 aliphatic rings. The van der Waals surface area contributed by atoms with Gasteiger partial charge in [-0.3, -0.25) is 15.0 Å². The van der Waals surface area contributed by atoms with Crippen LogP contribution in [0.1, 0.15) is 29.5 Å². The van der Waals surface area contributed by atoms with Crippen molar-refractivity contribution >= 4 is 23.5 Å². The third-order valence-corrected chi connectivity index (χ3v) is 6.54. The molecule has 2 aliphatic heterocycles. The Bertz CT molecular complexity index is 924. The monoisotopic (exact) mass is 411 g/mol. The molecule has 2 aromatic rings. The molecular weight excluding hydrogens is 386 g/mol. The van der Waals surface area contributed by atoms with Crippen LogP contribution in [0.3, 0.4) is 0 Å². The molecule has 4 rings (SSSR count). The quantitative estimate of drug-likeness (QED) is 0.738. The van der Waals surface area contributed by atoms with E-state index < -0.39 is 11.6 Å². The molecule has 2 aromatic carbocycles. The first-order valence-corrected chi connectivity index (χ1v) is 10.5. The van der Waals surface area contributed by atoms with Crippen molar-refractivity contribution in [2.75, 3.05) is 13.1 Å². The van der Waals surface area contributed by atoms with Gasteiger partial charge in [-0.2, -0.15) is 0 Å². The average Bonchev–Trinajstić information content (AvgIpc) is 2.98. The molecule has 0 saturated carbocycles. The summed E-state index contributed by atoms with van der Waals surface area (Å²) in [7, 11) is 0. The minimum atomic E-state index is -0.933. The fourth-order valence-corrected chi connectivity index (χ4v) is 4.86. The molecule has 0 bridgehead atoms. The molecule has 0 aromatic heterocycles. The van der Waals surface area contributed by atoms with Crippen LogP contribution in [0.2, 0.25) is 5.02 Å². The van der Waals surface area contributed by atoms with E-state index in [1.165, 1.54) is 11.1 Å². The Morgan fingerprint density at radius 3 is 2.52 bits per heavy atom. The van der Waals surface area contributed by atoms with Crippen molar-refractivity contribution in [3.8, 4) is 0 Å². The van der Waals surface area contributed by atoms with Gasteiger partial charge in [0.2, 0.25) is 0 Å². The lowest BCUT2D eigenvalue weighted by atomic mass is 9.74. The first kappa shape index (κ1) is 19.9. The maximum atomic E-state index is 12.9. The summed E-state index contributed by atoms with van der Waals surface area (Å²) in [5.41, 5.74) is 2.52. The van der Waals surface area contributed by atoms with Crippen molar-refractivity contribution < 1.29 is 9.59 Å². The molecule has 2 heterocycles. The van der Waals surface area contributed by atoms with Crippen LogP contribution in [-0.2, 0) is 17.8 Å². The number of aryl methyl sites for hydroxylation is 1. The summed E-state index contributed by atoms with van der Waals surface area (Å²) in [6, 6.07) is 15.7. The normalized spacial score (nSPS) is 23.1. The number of halogens is 1. The lowest BCUT2D eigenvalue weighted by molar-refractivity contribution is -0.126. The van der Waals surface area contributed by atoms with Gasteiger partial charge in [-0.15, -0.1) is 0 Å². The Hall–Kier alpha value is -2.37. The Balaban J connectivity index is 1.49. The van der Waals surface area contributed by atoms with E-state index in [0.29, 0.717) is 11.4 Å². The van der Waals surface area contributed by atoms with Crippen molar-refractivity contribution in [2.45, 2.75) is 38.3 Å². The van der Waals surface area contributed by atoms with Crippen LogP contribution < -0.4 is 10.6 Å². The van der Waals surface area contributed by atoms with Crippen LogP contribution in [0.15, 0.2) is 48.5 Å². The van der Waals surface area contributed by atoms with E-state index in [1.807, 2.05) is 24.3 Å². The van der Waals surface area contributed by atoms with Gasteiger partial charge in [-0.25, -0.2) is 4.79 Å². The lowest BCUT2D eigenvalue weighted by Gasteiger charge is -2.41. The third kappa shape index (κ3) is 4.16. The fraction of sp³-hybridized carbons (Fsp3) is 0.391. The highest BCUT2D eigenvalue weighted by Crippen LogP contribution is 2.35. The summed E-state index contributed by atoms with van der Waals surface area (Å²) < 4.78 is 0. The zero-order valence-corrected chi connectivity index (χ0v) is 17.3. The molecule has 2 N–H and O–H groups in total. The smallest absolute Gasteiger partial charge is 0.322 e. The molecule has 0 spiro atoms. The molecule has 6 heteroatoms. The first-order chi connectivity index (χ1) is 14.0. The molecule has 29 heavy (non-hydrogen) atoms. The van der Waals surface area contributed by atoms with Gasteiger partial charge >= 0.3 is 6.03 Å². The molecule has 5 nitrogen and oxygen atoms in total. The minimum absolute atomic E-state index is 0.0685. The van der Waals surface area contributed by atoms with E-state index in [-0.39, 0.29) is 11.8 Å². The van der Waals surface area contributed by atoms with Gasteiger partial charge in [0.15, 0.2) is 0 Å². The van der Waals surface area contributed by atoms with Crippen LogP contribution in [0.5, 0.6) is 0 Å². The van der Waals surface area contributed by atoms with E-state index in [9.17, 15) is 9.59 Å². The third-order valence-electron chi connectivity index (χ3n) is 6.17. The second-order valence-electron chi connectivity index (χ2n) is 8.19. The Labute approximate surface area is 176 Å². The molecule has 2 saturated heterocycles. The van der Waals surface area contributed by atoms with Crippen molar-refractivity contribution in [3.63, 3.8) is 0 Å². The van der Waals surface area contributed by atoms with E-state index in [1.54, 1.807) is 0 Å². The van der Waals surface area contributed by atoms with Crippen LogP contribution in [0.25, 0.3) is 0 Å². The van der Waals surface area contributed by atoms with Crippen LogP contribution >= 0.6 is 11.6 Å². The highest BCUT2D eigenvalue weighted by molar-refractivity contribution is 6.31. The Morgan fingerprint density at radius 1 is 1.10 bits per heavy atom. The maximum Gasteiger partial charge on any atom is 0.322 e. The summed E-state index contributed by atoms with van der Waals surface area (Å²) in [6.45, 7) is 4.80. The number of imide groups is 1. The summed E-state index contributed by atoms with van der Waals surface area (Å²) in [5.74, 6) is -0.168. The largest absolute Gasteiger partial charge is 0.323 e. The number of urea groups is 1. The summed E-state index contributed by atoms with van der Waals surface area (Å²) in [6.07, 6.45) is 2.11. The van der Waals surface area contributed by atoms with Crippen molar-refractivity contribution in [1.29, 1.82) is 0 Å². The number of piperidine rings is 1. The standard InChI is InChI=1S/C23H26ClN3O2/c1-16-5-4-6-17(13-16)15-27-11-9-19(10-12-27)23(21(28)25-22(29)26-23)14-18-7-2-3-8-20(18)24/h2-8,13,19H,9-12,14-15H2,1H3,(H2,25,26,28,29)/t23-/m1/s1. The summed E-state index contributed by atoms with van der Waals surface area (Å²) >= 11 is 6.36. The number of likely N-dealkylation sites (tertiary alicyclic amines) is 1. The summed E-state index contributed by atoms with van der Waals surface area (Å²) in [5, 5.41) is 6.04. The van der Waals surface area contributed by atoms with Gasteiger partial charge in [0, 0.05) is 18.0 Å². The van der Waals surface area contributed by atoms with Gasteiger partial charge in [0.1, 0.15) is 5.54 Å². The molecule has 0 radical (unpaired) electrons. The van der Waals surface area contributed by atoms with Gasteiger partial charge < -0.3 is 5.32 Å². The number of carbonyl (C=O) groups excluding carboxylic acids is 2. The maximum absolute atomic E-state index is 12.9. The summed E-state index contributed by atoms with van der Waals surface area (Å²) in [4.78, 5) is 27.3. The average molecular weight is 412 g/mol. The van der Waals surface area contributed by atoms with E-state index in [4.69, 9.17) is 11.6 Å². The SMILES string of the molecule is Cc1cccc(CN2CCC([C@@]3(Cc4ccccc4Cl)NC(=O)NC3=O)CC2)c1. The van der Waals surface area contributed by atoms with E-state index in [0.717, 1.165) is 38.0 Å². The van der Waals surface area contributed by atoms with Crippen molar-refractivity contribution in [2.24, 2.45) is 5.92 Å². The van der Waals surface area contributed by atoms with Crippen molar-refractivity contribution in [3.05, 3.63) is 70.2 Å². The Kier molecular flexibility index (Phi) is 5.61. The van der Waals surface area contributed by atoms with E-state index >= 15 is 0 Å². The minimum Gasteiger partial charge on any atom is -0.323 e. The fourth-order valence-electron chi connectivity index (χ4n) is 4.66. The molecule has 3 amide bonds. The molecule has 0 aliphatic carbocycles. The Morgan fingerprint density at radius 2 is 1.86 bits per heavy atom. The van der Waals surface area contributed by atoms with Gasteiger partial charge in [0.25, 0.3) is 5.91 Å². The molecule has 0 unspecified atom stereocenters. The molecule has 1 atom stereocenters. The molecular formula is C23H26ClN3O2. The topological polar surface area (TPSA) is 61.4 Å². The van der Waals surface area contributed by atoms with Crippen LogP contribution in [-0.4, -0.2) is 35.5 Å². The number of nitrogens with one attached hydrogen (secondary N) is 2. The van der Waals surface area contributed by atoms with Gasteiger partial charge in [-0.1, -0.05) is 59.6 Å². The number of amides is 3. The second-order valence-corrected chi connectivity index (χ2v) is 8.59. The van der Waals surface area contributed by atoms with Crippen LogP contribution in [0.4, 0.5) is 4.79 Å². The van der Waals surface area contributed by atoms with E-state index in [2.05, 4.69) is 46.7 Å². The first-order valence-electron chi connectivity index (χ1n) is 10.1. The number of hydrogen-bond acceptors (Lipinski definition) is 3. The molecule has 152 valence electrons. The highest BCUT2D eigenvalue weighted by Gasteiger charge is 2.52. The number of hydrogen-bond donors (Lipinski definition) is 2. The van der Waals surface area contributed by atoms with Gasteiger partial charge in [0.05, 0.1) is 0 Å². The second kappa shape index (κ2) is 8.17. The molecule has 2 fully saturated rings. The zero-order valence-electron chi connectivity index (χ0n) is 16.6. The van der Waals surface area contributed by atoms with Crippen molar-refractivity contribution in [1.82, 2.24) is 15.5 Å².